The number of halogens is 1. The lowest BCUT2D eigenvalue weighted by molar-refractivity contribution is 0.762. The number of hydrogen-bond acceptors (Lipinski definition) is 7. The smallest absolute Gasteiger partial charge is 0.225 e. The lowest BCUT2D eigenvalue weighted by atomic mass is 10.1. The van der Waals surface area contributed by atoms with Gasteiger partial charge in [-0.05, 0) is 37.1 Å². The average molecular weight is 401 g/mol. The maximum absolute atomic E-state index is 7.65. The molecule has 6 nitrogen and oxygen atoms in total. The maximum atomic E-state index is 7.65. The Morgan fingerprint density at radius 3 is 2.78 bits per heavy atom. The summed E-state index contributed by atoms with van der Waals surface area (Å²) < 4.78 is 0. The van der Waals surface area contributed by atoms with Crippen LogP contribution in [0.1, 0.15) is 36.9 Å². The molecule has 0 saturated carbocycles. The van der Waals surface area contributed by atoms with Crippen LogP contribution in [0.15, 0.2) is 36.5 Å². The highest BCUT2D eigenvalue weighted by atomic mass is 35.5. The molecule has 0 radical (unpaired) electrons. The summed E-state index contributed by atoms with van der Waals surface area (Å²) in [6.45, 7) is 4.13. The molecule has 2 atom stereocenters. The van der Waals surface area contributed by atoms with Crippen LogP contribution in [0.2, 0.25) is 5.28 Å². The fraction of sp³-hybridized carbons (Fsp3) is 0.263. The molecule has 0 aliphatic carbocycles. The van der Waals surface area contributed by atoms with Crippen molar-refractivity contribution >= 4 is 52.9 Å². The molecule has 3 N–H and O–H groups in total. The number of nitrogens with one attached hydrogen (secondary N) is 3. The second kappa shape index (κ2) is 8.54. The number of hydrogen-bond donors (Lipinski definition) is 4. The summed E-state index contributed by atoms with van der Waals surface area (Å²) in [4.78, 5) is 12.9. The number of benzene rings is 1. The lowest BCUT2D eigenvalue weighted by Crippen LogP contribution is -2.19. The van der Waals surface area contributed by atoms with Crippen LogP contribution in [-0.2, 0) is 0 Å². The van der Waals surface area contributed by atoms with Gasteiger partial charge in [0, 0.05) is 29.4 Å². The SMILES string of the molecule is CCC(C)Nc1c(C=N)nc(Cl)nc1N[C@H](S)c1cnc2ccccc2c1. The van der Waals surface area contributed by atoms with E-state index in [0.717, 1.165) is 29.1 Å². The fourth-order valence-corrected chi connectivity index (χ4v) is 3.04. The van der Waals surface area contributed by atoms with Gasteiger partial charge in [0.15, 0.2) is 5.82 Å². The van der Waals surface area contributed by atoms with Crippen molar-refractivity contribution in [3.8, 4) is 0 Å². The summed E-state index contributed by atoms with van der Waals surface area (Å²) in [7, 11) is 0. The monoisotopic (exact) mass is 400 g/mol. The van der Waals surface area contributed by atoms with Gasteiger partial charge >= 0.3 is 0 Å². The molecule has 1 unspecified atom stereocenters. The molecule has 0 bridgehead atoms. The molecule has 0 fully saturated rings. The summed E-state index contributed by atoms with van der Waals surface area (Å²) in [5, 5.41) is 15.0. The first-order valence-electron chi connectivity index (χ1n) is 8.65. The van der Waals surface area contributed by atoms with E-state index in [2.05, 4.69) is 52.1 Å². The van der Waals surface area contributed by atoms with Gasteiger partial charge in [-0.15, -0.1) is 12.6 Å². The summed E-state index contributed by atoms with van der Waals surface area (Å²) >= 11 is 10.7. The molecule has 2 heterocycles. The predicted molar refractivity (Wildman–Crippen MR) is 115 cm³/mol. The van der Waals surface area contributed by atoms with E-state index in [9.17, 15) is 0 Å². The highest BCUT2D eigenvalue weighted by Gasteiger charge is 2.17. The molecule has 8 heteroatoms. The van der Waals surface area contributed by atoms with Gasteiger partial charge in [0.05, 0.1) is 10.9 Å². The maximum Gasteiger partial charge on any atom is 0.225 e. The predicted octanol–water partition coefficient (Wildman–Crippen LogP) is 4.93. The molecule has 140 valence electrons. The lowest BCUT2D eigenvalue weighted by Gasteiger charge is -2.21. The van der Waals surface area contributed by atoms with E-state index in [-0.39, 0.29) is 16.7 Å². The van der Waals surface area contributed by atoms with Crippen molar-refractivity contribution in [1.82, 2.24) is 15.0 Å². The molecule has 0 saturated heterocycles. The summed E-state index contributed by atoms with van der Waals surface area (Å²) in [5.74, 6) is 0.502. The Morgan fingerprint density at radius 2 is 2.04 bits per heavy atom. The number of para-hydroxylation sites is 1. The number of pyridine rings is 1. The first-order chi connectivity index (χ1) is 13.0. The molecule has 3 rings (SSSR count). The van der Waals surface area contributed by atoms with E-state index in [4.69, 9.17) is 17.0 Å². The number of fused-ring (bicyclic) bond motifs is 1. The minimum Gasteiger partial charge on any atom is -0.378 e. The third-order valence-corrected chi connectivity index (χ3v) is 4.85. The largest absolute Gasteiger partial charge is 0.378 e. The molecular weight excluding hydrogens is 380 g/mol. The van der Waals surface area contributed by atoms with Crippen LogP contribution in [0, 0.1) is 5.41 Å². The molecule has 0 amide bonds. The zero-order chi connectivity index (χ0) is 19.4. The van der Waals surface area contributed by atoms with E-state index >= 15 is 0 Å². The Labute approximate surface area is 168 Å². The van der Waals surface area contributed by atoms with Crippen LogP contribution in [0.4, 0.5) is 11.5 Å². The van der Waals surface area contributed by atoms with Gasteiger partial charge in [-0.2, -0.15) is 4.98 Å². The van der Waals surface area contributed by atoms with Crippen LogP contribution in [0.25, 0.3) is 10.9 Å². The summed E-state index contributed by atoms with van der Waals surface area (Å²) in [6, 6.07) is 10.1. The Kier molecular flexibility index (Phi) is 6.13. The number of rotatable bonds is 7. The van der Waals surface area contributed by atoms with Crippen molar-refractivity contribution in [2.24, 2.45) is 0 Å². The average Bonchev–Trinajstić information content (AvgIpc) is 2.68. The van der Waals surface area contributed by atoms with Crippen molar-refractivity contribution in [1.29, 1.82) is 5.41 Å². The molecule has 1 aromatic carbocycles. The van der Waals surface area contributed by atoms with Gasteiger partial charge in [0.1, 0.15) is 11.4 Å². The third kappa shape index (κ3) is 4.48. The molecule has 0 spiro atoms. The van der Waals surface area contributed by atoms with Gasteiger partial charge in [0.2, 0.25) is 5.28 Å². The fourth-order valence-electron chi connectivity index (χ4n) is 2.60. The zero-order valence-electron chi connectivity index (χ0n) is 15.1. The van der Waals surface area contributed by atoms with Crippen LogP contribution in [-0.4, -0.2) is 27.2 Å². The van der Waals surface area contributed by atoms with Gasteiger partial charge in [-0.3, -0.25) is 4.98 Å². The Balaban J connectivity index is 1.94. The van der Waals surface area contributed by atoms with E-state index < -0.39 is 0 Å². The first kappa shape index (κ1) is 19.4. The van der Waals surface area contributed by atoms with Crippen LogP contribution < -0.4 is 10.6 Å². The van der Waals surface area contributed by atoms with Crippen molar-refractivity contribution in [3.63, 3.8) is 0 Å². The van der Waals surface area contributed by atoms with Crippen LogP contribution in [0.3, 0.4) is 0 Å². The highest BCUT2D eigenvalue weighted by Crippen LogP contribution is 2.30. The van der Waals surface area contributed by atoms with Crippen molar-refractivity contribution in [3.05, 3.63) is 53.1 Å². The van der Waals surface area contributed by atoms with Crippen molar-refractivity contribution in [2.75, 3.05) is 10.6 Å². The number of anilines is 2. The minimum atomic E-state index is -0.357. The number of nitrogens with zero attached hydrogens (tertiary/aromatic N) is 3. The number of aromatic nitrogens is 3. The van der Waals surface area contributed by atoms with E-state index in [1.165, 1.54) is 0 Å². The third-order valence-electron chi connectivity index (χ3n) is 4.25. The zero-order valence-corrected chi connectivity index (χ0v) is 16.7. The van der Waals surface area contributed by atoms with Gasteiger partial charge in [0.25, 0.3) is 0 Å². The molecule has 27 heavy (non-hydrogen) atoms. The molecule has 0 aliphatic rings. The molecule has 0 aliphatic heterocycles. The van der Waals surface area contributed by atoms with Crippen LogP contribution >= 0.6 is 24.2 Å². The van der Waals surface area contributed by atoms with E-state index in [1.807, 2.05) is 30.3 Å². The van der Waals surface area contributed by atoms with Crippen LogP contribution in [0.5, 0.6) is 0 Å². The summed E-state index contributed by atoms with van der Waals surface area (Å²) in [6.07, 6.45) is 3.86. The normalized spacial score (nSPS) is 13.2. The quantitative estimate of drug-likeness (QED) is 0.195. The van der Waals surface area contributed by atoms with Crippen molar-refractivity contribution in [2.45, 2.75) is 31.7 Å². The van der Waals surface area contributed by atoms with E-state index in [1.54, 1.807) is 6.20 Å². The second-order valence-electron chi connectivity index (χ2n) is 6.21. The number of thiol groups is 1. The van der Waals surface area contributed by atoms with Gasteiger partial charge in [-0.1, -0.05) is 25.1 Å². The standard InChI is InChI=1S/C19H21ClN6S/c1-3-11(2)23-16-15(9-21)24-19(20)26-17(16)25-18(27)13-8-12-6-4-5-7-14(12)22-10-13/h4-11,18,21,23,27H,3H2,1-2H3,(H,24,25,26)/t11?,18-/m1/s1. The first-order valence-corrected chi connectivity index (χ1v) is 9.55. The Bertz CT molecular complexity index is 964. The van der Waals surface area contributed by atoms with E-state index in [0.29, 0.717) is 17.2 Å². The Morgan fingerprint density at radius 1 is 1.26 bits per heavy atom. The van der Waals surface area contributed by atoms with Gasteiger partial charge < -0.3 is 16.0 Å². The summed E-state index contributed by atoms with van der Waals surface area (Å²) in [5.41, 5.74) is 2.89. The molecule has 3 aromatic rings. The minimum absolute atomic E-state index is 0.0721. The second-order valence-corrected chi connectivity index (χ2v) is 7.06. The topological polar surface area (TPSA) is 86.6 Å². The molecule has 2 aromatic heterocycles. The van der Waals surface area contributed by atoms with Crippen molar-refractivity contribution < 1.29 is 0 Å². The molecular formula is C19H21ClN6S. The van der Waals surface area contributed by atoms with Gasteiger partial charge in [-0.25, -0.2) is 4.98 Å². The Hall–Kier alpha value is -2.38. The highest BCUT2D eigenvalue weighted by molar-refractivity contribution is 7.80.